The first-order valence-corrected chi connectivity index (χ1v) is 6.97. The first-order chi connectivity index (χ1) is 7.72. The van der Waals surface area contributed by atoms with Crippen molar-refractivity contribution in [2.24, 2.45) is 0 Å². The van der Waals surface area contributed by atoms with Crippen molar-refractivity contribution in [2.45, 2.75) is 71.3 Å². The second-order valence-electron chi connectivity index (χ2n) is 4.24. The summed E-state index contributed by atoms with van der Waals surface area (Å²) in [5.74, 6) is 0. The van der Waals surface area contributed by atoms with Gasteiger partial charge in [-0.2, -0.15) is 0 Å². The van der Waals surface area contributed by atoms with E-state index >= 15 is 0 Å². The van der Waals surface area contributed by atoms with E-state index in [0.717, 1.165) is 12.8 Å². The molecule has 0 aromatic rings. The molecule has 0 aliphatic heterocycles. The summed E-state index contributed by atoms with van der Waals surface area (Å²) in [6.07, 6.45) is 8.53. The number of hydrogen-bond donors (Lipinski definition) is 1. The first-order valence-electron chi connectivity index (χ1n) is 6.57. The molecule has 0 saturated heterocycles. The maximum Gasteiger partial charge on any atom is 0.188 e. The van der Waals surface area contributed by atoms with E-state index in [0.29, 0.717) is 18.1 Å². The SMILES string of the molecule is CCCCCCCCOC(=S)C(O)CCC. The van der Waals surface area contributed by atoms with E-state index in [2.05, 4.69) is 6.92 Å². The largest absolute Gasteiger partial charge is 0.484 e. The highest BCUT2D eigenvalue weighted by Gasteiger charge is 2.09. The van der Waals surface area contributed by atoms with Gasteiger partial charge in [0.15, 0.2) is 5.05 Å². The van der Waals surface area contributed by atoms with Gasteiger partial charge in [-0.1, -0.05) is 52.4 Å². The van der Waals surface area contributed by atoms with Gasteiger partial charge in [0.2, 0.25) is 0 Å². The van der Waals surface area contributed by atoms with Crippen molar-refractivity contribution >= 4 is 17.3 Å². The lowest BCUT2D eigenvalue weighted by molar-refractivity contribution is 0.181. The Labute approximate surface area is 105 Å². The van der Waals surface area contributed by atoms with Gasteiger partial charge >= 0.3 is 0 Å². The third kappa shape index (κ3) is 9.10. The average molecular weight is 246 g/mol. The van der Waals surface area contributed by atoms with Crippen molar-refractivity contribution in [3.05, 3.63) is 0 Å². The van der Waals surface area contributed by atoms with E-state index in [9.17, 15) is 5.11 Å². The van der Waals surface area contributed by atoms with Crippen molar-refractivity contribution in [3.63, 3.8) is 0 Å². The van der Waals surface area contributed by atoms with E-state index in [4.69, 9.17) is 17.0 Å². The lowest BCUT2D eigenvalue weighted by atomic mass is 10.1. The van der Waals surface area contributed by atoms with Gasteiger partial charge in [-0.15, -0.1) is 0 Å². The van der Waals surface area contributed by atoms with E-state index in [1.807, 2.05) is 6.92 Å². The molecule has 0 aromatic carbocycles. The van der Waals surface area contributed by atoms with E-state index < -0.39 is 6.10 Å². The molecule has 16 heavy (non-hydrogen) atoms. The van der Waals surface area contributed by atoms with Gasteiger partial charge in [-0.3, -0.25) is 0 Å². The molecule has 1 N–H and O–H groups in total. The molecule has 0 aromatic heterocycles. The fourth-order valence-electron chi connectivity index (χ4n) is 1.54. The number of ether oxygens (including phenoxy) is 1. The summed E-state index contributed by atoms with van der Waals surface area (Å²) in [5.41, 5.74) is 0. The Bertz CT molecular complexity index is 171. The van der Waals surface area contributed by atoms with Crippen molar-refractivity contribution in [3.8, 4) is 0 Å². The summed E-state index contributed by atoms with van der Waals surface area (Å²) in [6, 6.07) is 0. The Kier molecular flexibility index (Phi) is 11.2. The molecule has 0 radical (unpaired) electrons. The van der Waals surface area contributed by atoms with E-state index in [-0.39, 0.29) is 0 Å². The van der Waals surface area contributed by atoms with Crippen LogP contribution in [-0.4, -0.2) is 22.9 Å². The van der Waals surface area contributed by atoms with Crippen LogP contribution >= 0.6 is 12.2 Å². The molecule has 0 spiro atoms. The van der Waals surface area contributed by atoms with Crippen molar-refractivity contribution in [2.75, 3.05) is 6.61 Å². The summed E-state index contributed by atoms with van der Waals surface area (Å²) >= 11 is 4.99. The molecule has 0 heterocycles. The average Bonchev–Trinajstić information content (AvgIpc) is 2.28. The highest BCUT2D eigenvalue weighted by atomic mass is 32.1. The fraction of sp³-hybridized carbons (Fsp3) is 0.923. The Balaban J connectivity index is 3.27. The minimum absolute atomic E-state index is 0.371. The molecule has 2 nitrogen and oxygen atoms in total. The van der Waals surface area contributed by atoms with Crippen LogP contribution < -0.4 is 0 Å². The van der Waals surface area contributed by atoms with Crippen molar-refractivity contribution in [1.82, 2.24) is 0 Å². The number of unbranched alkanes of at least 4 members (excludes halogenated alkanes) is 5. The van der Waals surface area contributed by atoms with Crippen LogP contribution in [-0.2, 0) is 4.74 Å². The molecule has 0 amide bonds. The Hall–Kier alpha value is -0.150. The van der Waals surface area contributed by atoms with Crippen molar-refractivity contribution in [1.29, 1.82) is 0 Å². The van der Waals surface area contributed by atoms with Gasteiger partial charge in [-0.25, -0.2) is 0 Å². The van der Waals surface area contributed by atoms with Crippen LogP contribution in [0.4, 0.5) is 0 Å². The Morgan fingerprint density at radius 1 is 1.06 bits per heavy atom. The highest BCUT2D eigenvalue weighted by molar-refractivity contribution is 7.80. The normalized spacial score (nSPS) is 12.4. The number of hydrogen-bond acceptors (Lipinski definition) is 3. The minimum atomic E-state index is -0.555. The van der Waals surface area contributed by atoms with Crippen LogP contribution in [0.1, 0.15) is 65.2 Å². The quantitative estimate of drug-likeness (QED) is 0.469. The summed E-state index contributed by atoms with van der Waals surface area (Å²) in [4.78, 5) is 0. The van der Waals surface area contributed by atoms with E-state index in [1.54, 1.807) is 0 Å². The summed E-state index contributed by atoms with van der Waals surface area (Å²) < 4.78 is 5.34. The number of thiocarbonyl (C=S) groups is 1. The molecule has 1 unspecified atom stereocenters. The number of rotatable bonds is 10. The molecule has 0 rings (SSSR count). The van der Waals surface area contributed by atoms with Crippen LogP contribution in [0.3, 0.4) is 0 Å². The molecule has 0 aliphatic rings. The Morgan fingerprint density at radius 2 is 1.69 bits per heavy atom. The molecule has 0 bridgehead atoms. The summed E-state index contributed by atoms with van der Waals surface area (Å²) in [5, 5.41) is 9.89. The predicted molar refractivity (Wildman–Crippen MR) is 72.8 cm³/mol. The smallest absolute Gasteiger partial charge is 0.188 e. The van der Waals surface area contributed by atoms with Crippen LogP contribution in [0.5, 0.6) is 0 Å². The lowest BCUT2D eigenvalue weighted by Gasteiger charge is -2.12. The minimum Gasteiger partial charge on any atom is -0.484 e. The first kappa shape index (κ1) is 15.9. The monoisotopic (exact) mass is 246 g/mol. The molecule has 1 atom stereocenters. The fourth-order valence-corrected chi connectivity index (χ4v) is 1.74. The van der Waals surface area contributed by atoms with Crippen LogP contribution in [0.25, 0.3) is 0 Å². The molecular formula is C13H26O2S. The van der Waals surface area contributed by atoms with Gasteiger partial charge < -0.3 is 9.84 Å². The van der Waals surface area contributed by atoms with Gasteiger partial charge in [0.25, 0.3) is 0 Å². The number of aliphatic hydroxyl groups is 1. The highest BCUT2D eigenvalue weighted by Crippen LogP contribution is 2.06. The van der Waals surface area contributed by atoms with Gasteiger partial charge in [0, 0.05) is 0 Å². The summed E-state index contributed by atoms with van der Waals surface area (Å²) in [7, 11) is 0. The maximum absolute atomic E-state index is 9.52. The van der Waals surface area contributed by atoms with Crippen LogP contribution in [0.2, 0.25) is 0 Å². The molecule has 0 saturated carbocycles. The molecule has 0 aliphatic carbocycles. The zero-order chi connectivity index (χ0) is 12.2. The standard InChI is InChI=1S/C13H26O2S/c1-3-5-6-7-8-9-11-15-13(16)12(14)10-4-2/h12,14H,3-11H2,1-2H3. The number of aliphatic hydroxyl groups excluding tert-OH is 1. The van der Waals surface area contributed by atoms with Gasteiger partial charge in [-0.05, 0) is 25.1 Å². The molecule has 0 fully saturated rings. The third-order valence-electron chi connectivity index (χ3n) is 2.58. The predicted octanol–water partition coefficient (Wildman–Crippen LogP) is 3.85. The maximum atomic E-state index is 9.52. The summed E-state index contributed by atoms with van der Waals surface area (Å²) in [6.45, 7) is 4.90. The van der Waals surface area contributed by atoms with Gasteiger partial charge in [0.1, 0.15) is 6.10 Å². The zero-order valence-electron chi connectivity index (χ0n) is 10.7. The topological polar surface area (TPSA) is 29.5 Å². The van der Waals surface area contributed by atoms with Crippen LogP contribution in [0, 0.1) is 0 Å². The van der Waals surface area contributed by atoms with Crippen LogP contribution in [0.15, 0.2) is 0 Å². The van der Waals surface area contributed by atoms with E-state index in [1.165, 1.54) is 32.1 Å². The third-order valence-corrected chi connectivity index (χ3v) is 2.97. The second kappa shape index (κ2) is 11.3. The second-order valence-corrected chi connectivity index (χ2v) is 4.64. The van der Waals surface area contributed by atoms with Gasteiger partial charge in [0.05, 0.1) is 6.61 Å². The zero-order valence-corrected chi connectivity index (χ0v) is 11.5. The molecule has 3 heteroatoms. The molecule has 96 valence electrons. The molecular weight excluding hydrogens is 220 g/mol. The Morgan fingerprint density at radius 3 is 2.31 bits per heavy atom. The lowest BCUT2D eigenvalue weighted by Crippen LogP contribution is -2.21. The van der Waals surface area contributed by atoms with Crippen molar-refractivity contribution < 1.29 is 9.84 Å².